The zero-order valence-corrected chi connectivity index (χ0v) is 25.2. The van der Waals surface area contributed by atoms with Gasteiger partial charge in [0.1, 0.15) is 47.4 Å². The Morgan fingerprint density at radius 1 is 1.18 bits per heavy atom. The van der Waals surface area contributed by atoms with Crippen LogP contribution in [0.1, 0.15) is 44.6 Å². The van der Waals surface area contributed by atoms with E-state index in [2.05, 4.69) is 19.9 Å². The summed E-state index contributed by atoms with van der Waals surface area (Å²) in [6.07, 6.45) is 4.07. The topological polar surface area (TPSA) is 101 Å². The Labute approximate surface area is 258 Å². The van der Waals surface area contributed by atoms with Gasteiger partial charge in [-0.3, -0.25) is 9.88 Å². The summed E-state index contributed by atoms with van der Waals surface area (Å²) in [6, 6.07) is 4.99. The molecule has 0 radical (unpaired) electrons. The fourth-order valence-corrected chi connectivity index (χ4v) is 7.57. The molecule has 0 amide bonds. The van der Waals surface area contributed by atoms with E-state index in [9.17, 15) is 18.7 Å². The van der Waals surface area contributed by atoms with Gasteiger partial charge in [-0.2, -0.15) is 9.97 Å². The molecule has 5 heterocycles. The Hall–Kier alpha value is -4.19. The van der Waals surface area contributed by atoms with E-state index in [0.29, 0.717) is 55.1 Å². The lowest BCUT2D eigenvalue weighted by Crippen LogP contribution is -2.43. The number of ether oxygens (including phenoxy) is 2. The third kappa shape index (κ3) is 4.90. The van der Waals surface area contributed by atoms with E-state index in [0.717, 1.165) is 19.4 Å². The molecule has 0 spiro atoms. The first-order valence-corrected chi connectivity index (χ1v) is 15.4. The van der Waals surface area contributed by atoms with Crippen LogP contribution in [0.5, 0.6) is 11.8 Å². The summed E-state index contributed by atoms with van der Waals surface area (Å²) in [5.74, 6) is -1.53. The number of hydrogen-bond acceptors (Lipinski definition) is 9. The molecular weight excluding hydrogens is 587 g/mol. The van der Waals surface area contributed by atoms with Gasteiger partial charge < -0.3 is 19.5 Å². The van der Waals surface area contributed by atoms with Gasteiger partial charge in [0, 0.05) is 31.3 Å². The van der Waals surface area contributed by atoms with Crippen LogP contribution in [0.25, 0.3) is 32.9 Å². The number of benzene rings is 2. The average Bonchev–Trinajstić information content (AvgIpc) is 3.74. The zero-order chi connectivity index (χ0) is 31.5. The Morgan fingerprint density at radius 2 is 2.02 bits per heavy atom. The number of phenolic OH excluding ortho intramolecular Hbond substituents is 1. The van der Waals surface area contributed by atoms with Crippen LogP contribution in [0.15, 0.2) is 30.5 Å². The SMILES string of the molecule is CCc1c(F)ccc2cc(O)cc(-c3ncc4c(N5CCC[C@H]5C(=O)OC)nc(OC[C@@]56CCCN5C[C@H](F)C6)nc4c3F)c12. The van der Waals surface area contributed by atoms with Crippen LogP contribution in [-0.4, -0.2) is 82.0 Å². The molecule has 3 aliphatic rings. The van der Waals surface area contributed by atoms with Gasteiger partial charge in [0.15, 0.2) is 5.82 Å². The number of carbonyl (C=O) groups excluding carboxylic acids is 1. The van der Waals surface area contributed by atoms with Gasteiger partial charge in [-0.1, -0.05) is 13.0 Å². The number of halogens is 3. The van der Waals surface area contributed by atoms with E-state index >= 15 is 4.39 Å². The third-order valence-electron chi connectivity index (χ3n) is 9.63. The van der Waals surface area contributed by atoms with Crippen molar-refractivity contribution < 1.29 is 32.5 Å². The lowest BCUT2D eigenvalue weighted by Gasteiger charge is -2.31. The van der Waals surface area contributed by atoms with Gasteiger partial charge in [0.05, 0.1) is 18.0 Å². The van der Waals surface area contributed by atoms with E-state index < -0.39 is 35.4 Å². The minimum atomic E-state index is -0.951. The molecule has 3 fully saturated rings. The summed E-state index contributed by atoms with van der Waals surface area (Å²) in [4.78, 5) is 30.2. The summed E-state index contributed by atoms with van der Waals surface area (Å²) in [5.41, 5.74) is -0.114. The van der Waals surface area contributed by atoms with Crippen molar-refractivity contribution in [2.45, 2.75) is 63.2 Å². The van der Waals surface area contributed by atoms with Crippen molar-refractivity contribution in [1.82, 2.24) is 19.9 Å². The Bertz CT molecular complexity index is 1820. The highest BCUT2D eigenvalue weighted by atomic mass is 19.1. The summed E-state index contributed by atoms with van der Waals surface area (Å²) in [7, 11) is 1.32. The summed E-state index contributed by atoms with van der Waals surface area (Å²) < 4.78 is 57.4. The molecule has 2 aromatic carbocycles. The zero-order valence-electron chi connectivity index (χ0n) is 25.2. The minimum Gasteiger partial charge on any atom is -0.508 e. The van der Waals surface area contributed by atoms with Crippen LogP contribution in [0.2, 0.25) is 0 Å². The number of esters is 1. The van der Waals surface area contributed by atoms with Crippen LogP contribution < -0.4 is 9.64 Å². The quantitative estimate of drug-likeness (QED) is 0.269. The molecule has 0 saturated carbocycles. The molecule has 0 bridgehead atoms. The van der Waals surface area contributed by atoms with E-state index in [1.165, 1.54) is 37.6 Å². The molecule has 3 aliphatic heterocycles. The van der Waals surface area contributed by atoms with Crippen molar-refractivity contribution >= 4 is 33.5 Å². The van der Waals surface area contributed by atoms with Crippen molar-refractivity contribution in [1.29, 1.82) is 0 Å². The number of aromatic nitrogens is 3. The lowest BCUT2D eigenvalue weighted by atomic mass is 9.94. The number of pyridine rings is 1. The van der Waals surface area contributed by atoms with Gasteiger partial charge >= 0.3 is 12.0 Å². The highest BCUT2D eigenvalue weighted by molar-refractivity contribution is 6.02. The molecule has 3 atom stereocenters. The first kappa shape index (κ1) is 29.5. The maximum atomic E-state index is 16.8. The highest BCUT2D eigenvalue weighted by Crippen LogP contribution is 2.42. The summed E-state index contributed by atoms with van der Waals surface area (Å²) >= 11 is 0. The van der Waals surface area contributed by atoms with Crippen LogP contribution in [0.3, 0.4) is 0 Å². The Kier molecular flexibility index (Phi) is 7.42. The average molecular weight is 622 g/mol. The number of aryl methyl sites for hydroxylation is 1. The standard InChI is InChI=1S/C33H34F3N5O4/c1-3-21-24(35)8-7-18-12-20(42)13-22(26(18)21)28-27(36)29-23(15-37-28)30(41-11-4-6-25(41)31(43)44-2)39-32(38-29)45-17-33-9-5-10-40(33)16-19(34)14-33/h7-8,12-13,15,19,25,42H,3-6,9-11,14,16-17H2,1-2H3/t19-,25+,33+/m1/s1. The second-order valence-electron chi connectivity index (χ2n) is 12.2. The first-order chi connectivity index (χ1) is 21.7. The summed E-state index contributed by atoms with van der Waals surface area (Å²) in [6.45, 7) is 3.53. The number of anilines is 1. The molecule has 4 aromatic rings. The molecule has 0 unspecified atom stereocenters. The monoisotopic (exact) mass is 621 g/mol. The number of fused-ring (bicyclic) bond motifs is 3. The van der Waals surface area contributed by atoms with Crippen LogP contribution in [0.4, 0.5) is 19.0 Å². The predicted molar refractivity (Wildman–Crippen MR) is 162 cm³/mol. The normalized spacial score (nSPS) is 23.3. The number of alkyl halides is 1. The number of nitrogens with zero attached hydrogens (tertiary/aromatic N) is 5. The number of methoxy groups -OCH3 is 1. The molecule has 12 heteroatoms. The molecule has 45 heavy (non-hydrogen) atoms. The fraction of sp³-hybridized carbons (Fsp3) is 0.455. The molecule has 236 valence electrons. The number of hydrogen-bond donors (Lipinski definition) is 1. The van der Waals surface area contributed by atoms with Crippen LogP contribution in [0, 0.1) is 11.6 Å². The predicted octanol–water partition coefficient (Wildman–Crippen LogP) is 5.49. The number of phenols is 1. The fourth-order valence-electron chi connectivity index (χ4n) is 7.57. The van der Waals surface area contributed by atoms with Gasteiger partial charge in [0.25, 0.3) is 0 Å². The molecule has 9 nitrogen and oxygen atoms in total. The van der Waals surface area contributed by atoms with E-state index in [1.54, 1.807) is 11.8 Å². The molecule has 1 N–H and O–H groups in total. The van der Waals surface area contributed by atoms with Crippen molar-refractivity contribution in [2.75, 3.05) is 38.3 Å². The smallest absolute Gasteiger partial charge is 0.328 e. The number of carbonyl (C=O) groups is 1. The highest BCUT2D eigenvalue weighted by Gasteiger charge is 2.49. The molecule has 0 aliphatic carbocycles. The first-order valence-electron chi connectivity index (χ1n) is 15.4. The van der Waals surface area contributed by atoms with Crippen molar-refractivity contribution in [2.24, 2.45) is 0 Å². The van der Waals surface area contributed by atoms with E-state index in [1.807, 2.05) is 0 Å². The lowest BCUT2D eigenvalue weighted by molar-refractivity contribution is -0.141. The van der Waals surface area contributed by atoms with Crippen LogP contribution >= 0.6 is 0 Å². The maximum absolute atomic E-state index is 16.8. The number of aromatic hydroxyl groups is 1. The Morgan fingerprint density at radius 3 is 2.82 bits per heavy atom. The maximum Gasteiger partial charge on any atom is 0.328 e. The van der Waals surface area contributed by atoms with Gasteiger partial charge in [0.2, 0.25) is 0 Å². The van der Waals surface area contributed by atoms with Crippen LogP contribution in [-0.2, 0) is 16.0 Å². The van der Waals surface area contributed by atoms with Gasteiger partial charge in [-0.15, -0.1) is 0 Å². The van der Waals surface area contributed by atoms with Crippen molar-refractivity contribution in [3.05, 3.63) is 47.7 Å². The van der Waals surface area contributed by atoms with Crippen molar-refractivity contribution in [3.63, 3.8) is 0 Å². The molecule has 2 aromatic heterocycles. The molecule has 7 rings (SSSR count). The van der Waals surface area contributed by atoms with E-state index in [4.69, 9.17) is 9.47 Å². The number of rotatable bonds is 7. The minimum absolute atomic E-state index is 0.1000. The summed E-state index contributed by atoms with van der Waals surface area (Å²) in [5, 5.41) is 11.8. The second kappa shape index (κ2) is 11.3. The third-order valence-corrected chi connectivity index (χ3v) is 9.63. The molecule has 3 saturated heterocycles. The Balaban J connectivity index is 1.39. The molecular formula is C33H34F3N5O4. The van der Waals surface area contributed by atoms with E-state index in [-0.39, 0.29) is 46.3 Å². The van der Waals surface area contributed by atoms with Crippen molar-refractivity contribution in [3.8, 4) is 23.0 Å². The second-order valence-corrected chi connectivity index (χ2v) is 12.2. The van der Waals surface area contributed by atoms with Gasteiger partial charge in [-0.25, -0.2) is 18.0 Å². The van der Waals surface area contributed by atoms with Gasteiger partial charge in [-0.05, 0) is 73.2 Å². The largest absolute Gasteiger partial charge is 0.508 e.